The molecule has 1 aliphatic rings. The SMILES string of the molecule is CCC1CCCN(CC(C)C(=O)O)C1. The van der Waals surface area contributed by atoms with Gasteiger partial charge in [-0.05, 0) is 25.3 Å². The van der Waals surface area contributed by atoms with Gasteiger partial charge in [-0.3, -0.25) is 4.79 Å². The normalized spacial score (nSPS) is 26.0. The first-order valence-electron chi connectivity index (χ1n) is 5.58. The zero-order valence-corrected chi connectivity index (χ0v) is 9.20. The van der Waals surface area contributed by atoms with E-state index in [1.165, 1.54) is 19.3 Å². The van der Waals surface area contributed by atoms with Crippen LogP contribution in [0.3, 0.4) is 0 Å². The molecule has 1 aliphatic heterocycles. The molecule has 2 unspecified atom stereocenters. The summed E-state index contributed by atoms with van der Waals surface area (Å²) in [4.78, 5) is 13.0. The second-order valence-electron chi connectivity index (χ2n) is 4.42. The number of carbonyl (C=O) groups is 1. The quantitative estimate of drug-likeness (QED) is 0.751. The van der Waals surface area contributed by atoms with E-state index in [0.717, 1.165) is 19.0 Å². The molecular formula is C11H21NO2. The van der Waals surface area contributed by atoms with E-state index in [4.69, 9.17) is 5.11 Å². The van der Waals surface area contributed by atoms with Gasteiger partial charge in [0.05, 0.1) is 5.92 Å². The molecule has 0 radical (unpaired) electrons. The van der Waals surface area contributed by atoms with Crippen LogP contribution in [0.15, 0.2) is 0 Å². The molecule has 0 aliphatic carbocycles. The van der Waals surface area contributed by atoms with Gasteiger partial charge in [0.25, 0.3) is 0 Å². The average molecular weight is 199 g/mol. The Hall–Kier alpha value is -0.570. The van der Waals surface area contributed by atoms with Gasteiger partial charge in [-0.1, -0.05) is 20.3 Å². The molecule has 0 aromatic carbocycles. The molecule has 1 N–H and O–H groups in total. The number of piperidine rings is 1. The molecule has 3 heteroatoms. The summed E-state index contributed by atoms with van der Waals surface area (Å²) < 4.78 is 0. The Morgan fingerprint density at radius 2 is 2.36 bits per heavy atom. The van der Waals surface area contributed by atoms with E-state index in [1.807, 2.05) is 0 Å². The van der Waals surface area contributed by atoms with Crippen molar-refractivity contribution in [3.8, 4) is 0 Å². The van der Waals surface area contributed by atoms with Crippen molar-refractivity contribution < 1.29 is 9.90 Å². The van der Waals surface area contributed by atoms with Crippen LogP contribution < -0.4 is 0 Å². The highest BCUT2D eigenvalue weighted by atomic mass is 16.4. The zero-order valence-electron chi connectivity index (χ0n) is 9.20. The van der Waals surface area contributed by atoms with Crippen LogP contribution >= 0.6 is 0 Å². The summed E-state index contributed by atoms with van der Waals surface area (Å²) in [6.45, 7) is 6.89. The summed E-state index contributed by atoms with van der Waals surface area (Å²) in [5.74, 6) is -0.126. The molecule has 1 saturated heterocycles. The first-order valence-corrected chi connectivity index (χ1v) is 5.58. The van der Waals surface area contributed by atoms with Crippen molar-refractivity contribution in [1.29, 1.82) is 0 Å². The van der Waals surface area contributed by atoms with Gasteiger partial charge < -0.3 is 10.0 Å². The van der Waals surface area contributed by atoms with Crippen molar-refractivity contribution in [2.24, 2.45) is 11.8 Å². The number of hydrogen-bond acceptors (Lipinski definition) is 2. The Morgan fingerprint density at radius 1 is 1.64 bits per heavy atom. The van der Waals surface area contributed by atoms with Crippen molar-refractivity contribution in [2.75, 3.05) is 19.6 Å². The molecule has 0 aromatic heterocycles. The van der Waals surface area contributed by atoms with Gasteiger partial charge in [0.1, 0.15) is 0 Å². The third kappa shape index (κ3) is 3.29. The minimum absolute atomic E-state index is 0.231. The number of aliphatic carboxylic acids is 1. The van der Waals surface area contributed by atoms with E-state index >= 15 is 0 Å². The summed E-state index contributed by atoms with van der Waals surface area (Å²) in [5, 5.41) is 8.81. The summed E-state index contributed by atoms with van der Waals surface area (Å²) in [6.07, 6.45) is 3.76. The fourth-order valence-electron chi connectivity index (χ4n) is 2.12. The van der Waals surface area contributed by atoms with Crippen LogP contribution in [-0.4, -0.2) is 35.6 Å². The lowest BCUT2D eigenvalue weighted by Crippen LogP contribution is -2.39. The van der Waals surface area contributed by atoms with E-state index in [2.05, 4.69) is 11.8 Å². The Bertz CT molecular complexity index is 194. The molecule has 0 bridgehead atoms. The van der Waals surface area contributed by atoms with Gasteiger partial charge in [0, 0.05) is 13.1 Å². The standard InChI is InChI=1S/C11H21NO2/c1-3-10-5-4-6-12(8-10)7-9(2)11(13)14/h9-10H,3-8H2,1-2H3,(H,13,14). The number of hydrogen-bond donors (Lipinski definition) is 1. The third-order valence-electron chi connectivity index (χ3n) is 3.13. The minimum Gasteiger partial charge on any atom is -0.481 e. The Balaban J connectivity index is 2.33. The van der Waals surface area contributed by atoms with E-state index in [0.29, 0.717) is 6.54 Å². The summed E-state index contributed by atoms with van der Waals surface area (Å²) in [7, 11) is 0. The van der Waals surface area contributed by atoms with Crippen molar-refractivity contribution in [1.82, 2.24) is 4.90 Å². The van der Waals surface area contributed by atoms with E-state index in [1.54, 1.807) is 6.92 Å². The van der Waals surface area contributed by atoms with Crippen LogP contribution in [-0.2, 0) is 4.79 Å². The van der Waals surface area contributed by atoms with Gasteiger partial charge >= 0.3 is 5.97 Å². The van der Waals surface area contributed by atoms with Gasteiger partial charge in [-0.15, -0.1) is 0 Å². The molecule has 82 valence electrons. The fourth-order valence-corrected chi connectivity index (χ4v) is 2.12. The topological polar surface area (TPSA) is 40.5 Å². The highest BCUT2D eigenvalue weighted by Crippen LogP contribution is 2.19. The molecule has 3 nitrogen and oxygen atoms in total. The minimum atomic E-state index is -0.677. The number of carboxylic acid groups (broad SMARTS) is 1. The van der Waals surface area contributed by atoms with E-state index < -0.39 is 5.97 Å². The molecule has 1 fully saturated rings. The Morgan fingerprint density at radius 3 is 2.93 bits per heavy atom. The Labute approximate surface area is 86.1 Å². The highest BCUT2D eigenvalue weighted by Gasteiger charge is 2.21. The molecule has 0 spiro atoms. The molecule has 0 saturated carbocycles. The molecule has 14 heavy (non-hydrogen) atoms. The summed E-state index contributed by atoms with van der Waals surface area (Å²) >= 11 is 0. The largest absolute Gasteiger partial charge is 0.481 e. The van der Waals surface area contributed by atoms with Crippen LogP contribution in [0.1, 0.15) is 33.1 Å². The monoisotopic (exact) mass is 199 g/mol. The molecule has 0 aromatic rings. The van der Waals surface area contributed by atoms with Crippen molar-refractivity contribution >= 4 is 5.97 Å². The van der Waals surface area contributed by atoms with E-state index in [-0.39, 0.29) is 5.92 Å². The maximum atomic E-state index is 10.7. The van der Waals surface area contributed by atoms with Crippen LogP contribution in [0.2, 0.25) is 0 Å². The number of likely N-dealkylation sites (tertiary alicyclic amines) is 1. The second kappa shape index (κ2) is 5.35. The predicted molar refractivity (Wildman–Crippen MR) is 56.3 cm³/mol. The Kier molecular flexibility index (Phi) is 4.39. The van der Waals surface area contributed by atoms with E-state index in [9.17, 15) is 4.79 Å². The second-order valence-corrected chi connectivity index (χ2v) is 4.42. The lowest BCUT2D eigenvalue weighted by atomic mass is 9.95. The first-order chi connectivity index (χ1) is 6.63. The maximum absolute atomic E-state index is 10.7. The van der Waals surface area contributed by atoms with Crippen LogP contribution in [0.25, 0.3) is 0 Å². The molecular weight excluding hydrogens is 178 g/mol. The summed E-state index contributed by atoms with van der Waals surface area (Å²) in [5.41, 5.74) is 0. The smallest absolute Gasteiger partial charge is 0.307 e. The van der Waals surface area contributed by atoms with Gasteiger partial charge in [0.2, 0.25) is 0 Å². The van der Waals surface area contributed by atoms with Gasteiger partial charge in [-0.2, -0.15) is 0 Å². The number of nitrogens with zero attached hydrogens (tertiary/aromatic N) is 1. The first kappa shape index (κ1) is 11.5. The molecule has 2 atom stereocenters. The summed E-state index contributed by atoms with van der Waals surface area (Å²) in [6, 6.07) is 0. The maximum Gasteiger partial charge on any atom is 0.307 e. The third-order valence-corrected chi connectivity index (χ3v) is 3.13. The molecule has 1 heterocycles. The van der Waals surface area contributed by atoms with Crippen LogP contribution in [0.4, 0.5) is 0 Å². The van der Waals surface area contributed by atoms with Gasteiger partial charge in [-0.25, -0.2) is 0 Å². The number of carboxylic acids is 1. The van der Waals surface area contributed by atoms with Crippen molar-refractivity contribution in [3.63, 3.8) is 0 Å². The molecule has 1 rings (SSSR count). The number of rotatable bonds is 4. The van der Waals surface area contributed by atoms with Crippen molar-refractivity contribution in [2.45, 2.75) is 33.1 Å². The lowest BCUT2D eigenvalue weighted by molar-refractivity contribution is -0.141. The lowest BCUT2D eigenvalue weighted by Gasteiger charge is -2.33. The predicted octanol–water partition coefficient (Wildman–Crippen LogP) is 1.83. The zero-order chi connectivity index (χ0) is 10.6. The van der Waals surface area contributed by atoms with Crippen LogP contribution in [0.5, 0.6) is 0 Å². The fraction of sp³-hybridized carbons (Fsp3) is 0.909. The highest BCUT2D eigenvalue weighted by molar-refractivity contribution is 5.69. The van der Waals surface area contributed by atoms with Crippen LogP contribution in [0, 0.1) is 11.8 Å². The average Bonchev–Trinajstić information content (AvgIpc) is 2.18. The van der Waals surface area contributed by atoms with Gasteiger partial charge in [0.15, 0.2) is 0 Å². The van der Waals surface area contributed by atoms with Crippen molar-refractivity contribution in [3.05, 3.63) is 0 Å². The molecule has 0 amide bonds.